The lowest BCUT2D eigenvalue weighted by molar-refractivity contribution is -0.274. The van der Waals surface area contributed by atoms with E-state index in [2.05, 4.69) is 16.6 Å². The number of nitriles is 1. The fourth-order valence-corrected chi connectivity index (χ4v) is 0.973. The van der Waals surface area contributed by atoms with Gasteiger partial charge in [-0.15, -0.1) is 13.2 Å². The van der Waals surface area contributed by atoms with Gasteiger partial charge in [0.05, 0.1) is 18.1 Å². The van der Waals surface area contributed by atoms with E-state index >= 15 is 0 Å². The molecule has 6 heteroatoms. The fraction of sp³-hybridized carbons (Fsp3) is 0.182. The van der Waals surface area contributed by atoms with Crippen molar-refractivity contribution in [1.82, 2.24) is 0 Å². The molecular formula is C11H5F4NO. The van der Waals surface area contributed by atoms with Crippen LogP contribution in [0.2, 0.25) is 0 Å². The smallest absolute Gasteiger partial charge is 0.406 e. The molecule has 0 N–H and O–H groups in total. The molecule has 0 spiro atoms. The number of ether oxygens (including phenoxy) is 1. The predicted molar refractivity (Wildman–Crippen MR) is 50.2 cm³/mol. The number of alkyl halides is 3. The lowest BCUT2D eigenvalue weighted by Crippen LogP contribution is -2.17. The first kappa shape index (κ1) is 12.9. The number of hydrogen-bond donors (Lipinski definition) is 0. The summed E-state index contributed by atoms with van der Waals surface area (Å²) in [5.41, 5.74) is -0.0882. The second-order valence-electron chi connectivity index (χ2n) is 2.83. The molecule has 17 heavy (non-hydrogen) atoms. The van der Waals surface area contributed by atoms with Crippen LogP contribution in [0.15, 0.2) is 18.2 Å². The van der Waals surface area contributed by atoms with Crippen LogP contribution in [0.4, 0.5) is 17.6 Å². The maximum atomic E-state index is 13.2. The van der Waals surface area contributed by atoms with Gasteiger partial charge in [0.15, 0.2) is 0 Å². The molecule has 0 fully saturated rings. The quantitative estimate of drug-likeness (QED) is 0.561. The van der Waals surface area contributed by atoms with E-state index in [1.54, 1.807) is 6.07 Å². The molecule has 0 aliphatic heterocycles. The van der Waals surface area contributed by atoms with Crippen molar-refractivity contribution in [2.24, 2.45) is 0 Å². The summed E-state index contributed by atoms with van der Waals surface area (Å²) in [5.74, 6) is 3.08. The van der Waals surface area contributed by atoms with E-state index in [0.717, 1.165) is 12.1 Å². The molecule has 88 valence electrons. The molecule has 0 unspecified atom stereocenters. The maximum Gasteiger partial charge on any atom is 0.573 e. The van der Waals surface area contributed by atoms with Crippen LogP contribution in [0.25, 0.3) is 0 Å². The molecule has 0 aliphatic rings. The third-order valence-corrected chi connectivity index (χ3v) is 1.56. The molecule has 1 aromatic carbocycles. The first-order chi connectivity index (χ1) is 7.92. The highest BCUT2D eigenvalue weighted by atomic mass is 19.4. The average molecular weight is 243 g/mol. The first-order valence-electron chi connectivity index (χ1n) is 4.33. The summed E-state index contributed by atoms with van der Waals surface area (Å²) >= 11 is 0. The van der Waals surface area contributed by atoms with Crippen LogP contribution in [0.1, 0.15) is 12.0 Å². The van der Waals surface area contributed by atoms with E-state index in [1.165, 1.54) is 0 Å². The Morgan fingerprint density at radius 1 is 1.29 bits per heavy atom. The third kappa shape index (κ3) is 4.43. The fourth-order valence-electron chi connectivity index (χ4n) is 0.973. The van der Waals surface area contributed by atoms with E-state index in [-0.39, 0.29) is 12.0 Å². The minimum absolute atomic E-state index is 0.0831. The van der Waals surface area contributed by atoms with Crippen LogP contribution in [0.5, 0.6) is 5.75 Å². The van der Waals surface area contributed by atoms with E-state index in [4.69, 9.17) is 5.26 Å². The Balaban J connectivity index is 2.89. The second-order valence-corrected chi connectivity index (χ2v) is 2.83. The molecule has 0 saturated carbocycles. The van der Waals surface area contributed by atoms with Gasteiger partial charge in [0.2, 0.25) is 0 Å². The summed E-state index contributed by atoms with van der Waals surface area (Å²) < 4.78 is 52.2. The molecule has 0 radical (unpaired) electrons. The Kier molecular flexibility index (Phi) is 3.95. The van der Waals surface area contributed by atoms with Gasteiger partial charge in [-0.1, -0.05) is 11.8 Å². The minimum atomic E-state index is -4.86. The Morgan fingerprint density at radius 3 is 2.53 bits per heavy atom. The predicted octanol–water partition coefficient (Wildman–Crippen LogP) is 2.99. The van der Waals surface area contributed by atoms with Crippen molar-refractivity contribution < 1.29 is 22.3 Å². The van der Waals surface area contributed by atoms with E-state index < -0.39 is 17.9 Å². The Morgan fingerprint density at radius 2 is 2.00 bits per heavy atom. The van der Waals surface area contributed by atoms with Crippen LogP contribution < -0.4 is 4.74 Å². The summed E-state index contributed by atoms with van der Waals surface area (Å²) in [5, 5.41) is 8.19. The summed E-state index contributed by atoms with van der Waals surface area (Å²) in [7, 11) is 0. The Bertz CT molecular complexity index is 505. The van der Waals surface area contributed by atoms with Crippen LogP contribution in [-0.4, -0.2) is 6.36 Å². The Labute approximate surface area is 94.4 Å². The second kappa shape index (κ2) is 5.22. The molecule has 2 nitrogen and oxygen atoms in total. The van der Waals surface area contributed by atoms with Gasteiger partial charge in [-0.05, 0) is 12.1 Å². The lowest BCUT2D eigenvalue weighted by Gasteiger charge is -2.08. The molecule has 1 rings (SSSR count). The van der Waals surface area contributed by atoms with Gasteiger partial charge in [0.25, 0.3) is 0 Å². The molecule has 0 aliphatic carbocycles. The van der Waals surface area contributed by atoms with Gasteiger partial charge < -0.3 is 4.74 Å². The zero-order chi connectivity index (χ0) is 12.9. The number of benzene rings is 1. The SMILES string of the molecule is N#CCC#Cc1ccc(OC(F)(F)F)cc1F. The molecule has 0 saturated heterocycles. The van der Waals surface area contributed by atoms with E-state index in [0.29, 0.717) is 6.07 Å². The molecular weight excluding hydrogens is 238 g/mol. The summed E-state index contributed by atoms with van der Waals surface area (Å²) in [6.07, 6.45) is -4.94. The van der Waals surface area contributed by atoms with Gasteiger partial charge in [-0.2, -0.15) is 5.26 Å². The molecule has 0 amide bonds. The van der Waals surface area contributed by atoms with Crippen molar-refractivity contribution in [3.8, 4) is 23.7 Å². The normalized spacial score (nSPS) is 10.1. The molecule has 0 atom stereocenters. The number of rotatable bonds is 1. The summed E-state index contributed by atoms with van der Waals surface area (Å²) in [6.45, 7) is 0. The molecule has 0 aromatic heterocycles. The standard InChI is InChI=1S/C11H5F4NO/c12-10-7-9(17-11(13,14)15)5-4-8(10)3-1-2-6-16/h4-5,7H,2H2. The molecule has 0 heterocycles. The van der Waals surface area contributed by atoms with E-state index in [9.17, 15) is 17.6 Å². The first-order valence-corrected chi connectivity index (χ1v) is 4.33. The van der Waals surface area contributed by atoms with Crippen LogP contribution in [0, 0.1) is 29.0 Å². The topological polar surface area (TPSA) is 33.0 Å². The average Bonchev–Trinajstić information content (AvgIpc) is 2.19. The molecule has 1 aromatic rings. The van der Waals surface area contributed by atoms with Crippen LogP contribution in [-0.2, 0) is 0 Å². The zero-order valence-electron chi connectivity index (χ0n) is 8.31. The number of nitrogens with zero attached hydrogens (tertiary/aromatic N) is 1. The summed E-state index contributed by atoms with van der Waals surface area (Å²) in [4.78, 5) is 0. The van der Waals surface area contributed by atoms with Crippen molar-refractivity contribution >= 4 is 0 Å². The lowest BCUT2D eigenvalue weighted by atomic mass is 10.2. The minimum Gasteiger partial charge on any atom is -0.406 e. The van der Waals surface area contributed by atoms with Gasteiger partial charge in [0, 0.05) is 6.07 Å². The van der Waals surface area contributed by atoms with Crippen molar-refractivity contribution in [1.29, 1.82) is 5.26 Å². The van der Waals surface area contributed by atoms with Gasteiger partial charge >= 0.3 is 6.36 Å². The monoisotopic (exact) mass is 243 g/mol. The number of hydrogen-bond acceptors (Lipinski definition) is 2. The maximum absolute atomic E-state index is 13.2. The highest BCUT2D eigenvalue weighted by molar-refractivity contribution is 5.40. The van der Waals surface area contributed by atoms with E-state index in [1.807, 2.05) is 0 Å². The van der Waals surface area contributed by atoms with Gasteiger partial charge in [-0.3, -0.25) is 0 Å². The van der Waals surface area contributed by atoms with Crippen molar-refractivity contribution in [3.05, 3.63) is 29.6 Å². The third-order valence-electron chi connectivity index (χ3n) is 1.56. The Hall–Kier alpha value is -2.21. The van der Waals surface area contributed by atoms with Crippen molar-refractivity contribution in [2.45, 2.75) is 12.8 Å². The highest BCUT2D eigenvalue weighted by Gasteiger charge is 2.31. The van der Waals surface area contributed by atoms with Crippen LogP contribution >= 0.6 is 0 Å². The largest absolute Gasteiger partial charge is 0.573 e. The van der Waals surface area contributed by atoms with Gasteiger partial charge in [0.1, 0.15) is 11.6 Å². The molecule has 0 bridgehead atoms. The number of halogens is 4. The zero-order valence-corrected chi connectivity index (χ0v) is 8.31. The van der Waals surface area contributed by atoms with Crippen molar-refractivity contribution in [2.75, 3.05) is 0 Å². The summed E-state index contributed by atoms with van der Waals surface area (Å²) in [6, 6.07) is 4.33. The highest BCUT2D eigenvalue weighted by Crippen LogP contribution is 2.24. The van der Waals surface area contributed by atoms with Gasteiger partial charge in [-0.25, -0.2) is 4.39 Å². The van der Waals surface area contributed by atoms with Crippen LogP contribution in [0.3, 0.4) is 0 Å². The van der Waals surface area contributed by atoms with Crippen molar-refractivity contribution in [3.63, 3.8) is 0 Å².